The van der Waals surface area contributed by atoms with Crippen LogP contribution in [0.25, 0.3) is 0 Å². The summed E-state index contributed by atoms with van der Waals surface area (Å²) in [6.45, 7) is 10.9. The Labute approximate surface area is 91.4 Å². The van der Waals surface area contributed by atoms with Crippen molar-refractivity contribution in [2.24, 2.45) is 0 Å². The van der Waals surface area contributed by atoms with Gasteiger partial charge in [0.15, 0.2) is 0 Å². The van der Waals surface area contributed by atoms with Gasteiger partial charge < -0.3 is 0 Å². The van der Waals surface area contributed by atoms with Crippen molar-refractivity contribution in [3.63, 3.8) is 0 Å². The van der Waals surface area contributed by atoms with Crippen LogP contribution in [0.15, 0.2) is 0 Å². The van der Waals surface area contributed by atoms with E-state index < -0.39 is 0 Å². The topological polar surface area (TPSA) is 0 Å². The largest absolute Gasteiger partial charge is 0.0836 e. The fourth-order valence-corrected chi connectivity index (χ4v) is 1.59. The zero-order valence-electron chi connectivity index (χ0n) is 5.67. The average Bonchev–Trinajstić information content (AvgIpc) is 2.08. The number of hydrogen-bond donors (Lipinski definition) is 0. The van der Waals surface area contributed by atoms with Crippen molar-refractivity contribution >= 4 is 46.4 Å². The number of hydrogen-bond acceptors (Lipinski definition) is 0. The minimum Gasteiger partial charge on any atom is -0.0836 e. The van der Waals surface area contributed by atoms with Gasteiger partial charge in [-0.15, -0.1) is 0 Å². The molecule has 0 atom stereocenters. The smallest absolute Gasteiger partial charge is 0.0785 e. The van der Waals surface area contributed by atoms with E-state index in [4.69, 9.17) is 60.3 Å². The summed E-state index contributed by atoms with van der Waals surface area (Å²) < 4.78 is 0. The normalized spacial score (nSPS) is 10.5. The van der Waals surface area contributed by atoms with Gasteiger partial charge in [-0.2, -0.15) is 0 Å². The Morgan fingerprint density at radius 3 is 1.25 bits per heavy atom. The molecule has 0 N–H and O–H groups in total. The molecule has 0 heterocycles. The van der Waals surface area contributed by atoms with Gasteiger partial charge in [0.05, 0.1) is 20.1 Å². The molecule has 1 aromatic carbocycles. The fraction of sp³-hybridized carbons (Fsp3) is 0. The second-order valence-electron chi connectivity index (χ2n) is 2.08. The molecule has 0 amide bonds. The molecule has 0 aliphatic heterocycles. The zero-order chi connectivity index (χ0) is 9.46. The molecule has 0 aliphatic rings. The van der Waals surface area contributed by atoms with Crippen molar-refractivity contribution < 1.29 is 0 Å². The Hall–Kier alpha value is 0.380. The summed E-state index contributed by atoms with van der Waals surface area (Å²) in [7, 11) is 0. The quantitative estimate of drug-likeness (QED) is 0.465. The van der Waals surface area contributed by atoms with Crippen LogP contribution in [0.4, 0.5) is 0 Å². The molecule has 0 saturated heterocycles. The molecule has 1 rings (SSSR count). The van der Waals surface area contributed by atoms with E-state index in [1.807, 2.05) is 0 Å². The average molecular weight is 240 g/mol. The van der Waals surface area contributed by atoms with Crippen LogP contribution in [0, 0.1) is 13.8 Å². The van der Waals surface area contributed by atoms with Crippen LogP contribution in [0.5, 0.6) is 0 Å². The monoisotopic (exact) mass is 238 g/mol. The summed E-state index contributed by atoms with van der Waals surface area (Å²) in [6.07, 6.45) is 0. The molecular weight excluding hydrogens is 238 g/mol. The molecule has 0 unspecified atom stereocenters. The first-order valence-corrected chi connectivity index (χ1v) is 4.35. The highest BCUT2D eigenvalue weighted by Gasteiger charge is 2.14. The summed E-state index contributed by atoms with van der Waals surface area (Å²) in [5, 5.41) is 0.508. The van der Waals surface area contributed by atoms with Crippen molar-refractivity contribution in [1.82, 2.24) is 0 Å². The Kier molecular flexibility index (Phi) is 3.16. The summed E-state index contributed by atoms with van der Waals surface area (Å²) >= 11 is 22.7. The molecule has 0 bridgehead atoms. The number of rotatable bonds is 0. The molecule has 0 aliphatic carbocycles. The highest BCUT2D eigenvalue weighted by molar-refractivity contribution is 6.50. The van der Waals surface area contributed by atoms with Gasteiger partial charge in [0.1, 0.15) is 0 Å². The van der Waals surface area contributed by atoms with Gasteiger partial charge >= 0.3 is 0 Å². The lowest BCUT2D eigenvalue weighted by Crippen LogP contribution is -1.86. The van der Waals surface area contributed by atoms with Crippen LogP contribution in [-0.2, 0) is 0 Å². The predicted molar refractivity (Wildman–Crippen MR) is 53.3 cm³/mol. The number of benzene rings is 1. The maximum Gasteiger partial charge on any atom is 0.0785 e. The van der Waals surface area contributed by atoms with E-state index in [0.717, 1.165) is 0 Å². The first-order valence-electron chi connectivity index (χ1n) is 2.83. The molecule has 12 heavy (non-hydrogen) atoms. The lowest BCUT2D eigenvalue weighted by Gasteiger charge is -2.08. The molecule has 0 spiro atoms. The van der Waals surface area contributed by atoms with Crippen molar-refractivity contribution in [2.75, 3.05) is 0 Å². The first kappa shape index (κ1) is 10.5. The van der Waals surface area contributed by atoms with Gasteiger partial charge in [0.25, 0.3) is 0 Å². The van der Waals surface area contributed by atoms with Gasteiger partial charge in [-0.3, -0.25) is 0 Å². The third kappa shape index (κ3) is 1.54. The molecule has 0 nitrogen and oxygen atoms in total. The lowest BCUT2D eigenvalue weighted by atomic mass is 10.1. The molecule has 4 radical (unpaired) electrons. The van der Waals surface area contributed by atoms with Crippen molar-refractivity contribution in [1.29, 1.82) is 0 Å². The van der Waals surface area contributed by atoms with E-state index in [1.165, 1.54) is 0 Å². The second kappa shape index (κ2) is 3.63. The van der Waals surface area contributed by atoms with Gasteiger partial charge in [0, 0.05) is 13.8 Å². The van der Waals surface area contributed by atoms with E-state index in [2.05, 4.69) is 0 Å². The maximum absolute atomic E-state index is 5.68. The van der Waals surface area contributed by atoms with Gasteiger partial charge in [-0.05, 0) is 11.1 Å². The van der Waals surface area contributed by atoms with E-state index in [-0.39, 0.29) is 31.2 Å². The van der Waals surface area contributed by atoms with Crippen LogP contribution in [-0.4, -0.2) is 0 Å². The zero-order valence-corrected chi connectivity index (χ0v) is 8.69. The summed E-state index contributed by atoms with van der Waals surface area (Å²) in [5.41, 5.74) is 0.287. The Balaban J connectivity index is 3.60. The van der Waals surface area contributed by atoms with Crippen LogP contribution >= 0.6 is 46.4 Å². The van der Waals surface area contributed by atoms with Gasteiger partial charge in [0.2, 0.25) is 0 Å². The summed E-state index contributed by atoms with van der Waals surface area (Å²) in [6, 6.07) is 0. The first-order chi connectivity index (χ1) is 5.46. The van der Waals surface area contributed by atoms with Crippen molar-refractivity contribution in [3.8, 4) is 0 Å². The van der Waals surface area contributed by atoms with Crippen LogP contribution in [0.2, 0.25) is 20.1 Å². The third-order valence-corrected chi connectivity index (χ3v) is 3.10. The molecule has 0 aromatic heterocycles. The highest BCUT2D eigenvalue weighted by Crippen LogP contribution is 2.39. The highest BCUT2D eigenvalue weighted by atomic mass is 35.5. The molecule has 0 saturated carbocycles. The Morgan fingerprint density at radius 2 is 0.917 bits per heavy atom. The van der Waals surface area contributed by atoms with E-state index in [0.29, 0.717) is 0 Å². The molecule has 62 valence electrons. The third-order valence-electron chi connectivity index (χ3n) is 1.33. The molecule has 4 heteroatoms. The van der Waals surface area contributed by atoms with Crippen molar-refractivity contribution in [3.05, 3.63) is 45.1 Å². The van der Waals surface area contributed by atoms with Crippen LogP contribution in [0.3, 0.4) is 0 Å². The fourth-order valence-electron chi connectivity index (χ4n) is 0.671. The number of halogens is 4. The van der Waals surface area contributed by atoms with Crippen LogP contribution < -0.4 is 0 Å². The maximum atomic E-state index is 5.68. The van der Waals surface area contributed by atoms with Gasteiger partial charge in [-0.25, -0.2) is 0 Å². The molecule has 1 aromatic rings. The Morgan fingerprint density at radius 1 is 0.583 bits per heavy atom. The summed E-state index contributed by atoms with van der Waals surface area (Å²) in [4.78, 5) is 0. The van der Waals surface area contributed by atoms with E-state index in [9.17, 15) is 0 Å². The second-order valence-corrected chi connectivity index (χ2v) is 3.60. The van der Waals surface area contributed by atoms with E-state index >= 15 is 0 Å². The van der Waals surface area contributed by atoms with Crippen LogP contribution in [0.1, 0.15) is 11.1 Å². The minimum absolute atomic E-state index is 0.123. The van der Waals surface area contributed by atoms with Gasteiger partial charge in [-0.1, -0.05) is 46.4 Å². The SMILES string of the molecule is [CH]c1c(Cl)c([CH])c(Cl)c(Cl)c1Cl. The molecular formula is C8H2Cl4. The van der Waals surface area contributed by atoms with Crippen molar-refractivity contribution in [2.45, 2.75) is 0 Å². The Bertz CT molecular complexity index is 225. The minimum atomic E-state index is 0.123. The summed E-state index contributed by atoms with van der Waals surface area (Å²) in [5.74, 6) is 0. The van der Waals surface area contributed by atoms with E-state index in [1.54, 1.807) is 0 Å². The lowest BCUT2D eigenvalue weighted by molar-refractivity contribution is 1.54. The standard InChI is InChI=1S/C8H2Cl4/c1-3-5(9)4(2)7(11)8(12)6(3)10/h1-2H. The molecule has 0 fully saturated rings. The predicted octanol–water partition coefficient (Wildman–Crippen LogP) is 4.42.